The molecule has 3 rings (SSSR count). The molecule has 0 aliphatic carbocycles. The minimum absolute atomic E-state index is 0.0705. The molecular weight excluding hydrogens is 354 g/mol. The van der Waals surface area contributed by atoms with Crippen LogP contribution in [0.3, 0.4) is 0 Å². The number of hydrogen-bond acceptors (Lipinski definition) is 3. The number of benzene rings is 2. The zero-order valence-electron chi connectivity index (χ0n) is 16.9. The molecule has 0 saturated heterocycles. The Balaban J connectivity index is 2.41. The molecule has 148 valence electrons. The molecule has 5 nitrogen and oxygen atoms in total. The summed E-state index contributed by atoms with van der Waals surface area (Å²) in [6, 6.07) is 11.4. The number of rotatable bonds is 6. The number of nitrogens with zero attached hydrogens (tertiary/aromatic N) is 1. The van der Waals surface area contributed by atoms with Crippen molar-refractivity contribution in [3.8, 4) is 5.75 Å². The van der Waals surface area contributed by atoms with Gasteiger partial charge in [-0.2, -0.15) is 0 Å². The average molecular weight is 381 g/mol. The highest BCUT2D eigenvalue weighted by Gasteiger charge is 2.26. The molecule has 0 radical (unpaired) electrons. The molecule has 5 heteroatoms. The molecule has 1 heterocycles. The third-order valence-corrected chi connectivity index (χ3v) is 4.67. The van der Waals surface area contributed by atoms with E-state index < -0.39 is 5.97 Å². The van der Waals surface area contributed by atoms with Crippen LogP contribution in [0.5, 0.6) is 5.75 Å². The smallest absolute Gasteiger partial charge is 0.356 e. The number of aromatic carboxylic acids is 1. The van der Waals surface area contributed by atoms with Crippen molar-refractivity contribution in [2.24, 2.45) is 5.41 Å². The van der Waals surface area contributed by atoms with Gasteiger partial charge < -0.3 is 9.84 Å². The van der Waals surface area contributed by atoms with Crippen molar-refractivity contribution in [2.75, 3.05) is 6.61 Å². The predicted octanol–water partition coefficient (Wildman–Crippen LogP) is 5.08. The van der Waals surface area contributed by atoms with Crippen LogP contribution in [0.1, 0.15) is 51.0 Å². The standard InChI is InChI=1S/C23H27NO4/c1-5-6-11-28-20-17-12-15-9-7-8-10-16(15)13-18(17)21(25)24(14-23(2,3)4)19(20)22(26)27/h7-10,12-13H,5-6,11,14H2,1-4H3,(H,26,27). The quantitative estimate of drug-likeness (QED) is 0.478. The summed E-state index contributed by atoms with van der Waals surface area (Å²) in [6.45, 7) is 8.69. The number of carbonyl (C=O) groups is 1. The lowest BCUT2D eigenvalue weighted by Crippen LogP contribution is -2.32. The number of carboxylic acids is 1. The summed E-state index contributed by atoms with van der Waals surface area (Å²) in [5.74, 6) is -0.867. The lowest BCUT2D eigenvalue weighted by molar-refractivity contribution is 0.0675. The maximum atomic E-state index is 13.3. The zero-order valence-corrected chi connectivity index (χ0v) is 16.9. The number of aromatic nitrogens is 1. The molecule has 1 aromatic heterocycles. The fourth-order valence-corrected chi connectivity index (χ4v) is 3.40. The Hall–Kier alpha value is -2.82. The van der Waals surface area contributed by atoms with Gasteiger partial charge in [0.25, 0.3) is 5.56 Å². The molecule has 0 unspecified atom stereocenters. The van der Waals surface area contributed by atoms with Crippen LogP contribution in [-0.4, -0.2) is 22.2 Å². The summed E-state index contributed by atoms with van der Waals surface area (Å²) >= 11 is 0. The molecule has 3 aromatic rings. The molecule has 0 atom stereocenters. The number of pyridine rings is 1. The molecular formula is C23H27NO4. The number of carboxylic acid groups (broad SMARTS) is 1. The van der Waals surface area contributed by atoms with Gasteiger partial charge in [0.15, 0.2) is 11.4 Å². The molecule has 0 spiro atoms. The second-order valence-electron chi connectivity index (χ2n) is 8.38. The van der Waals surface area contributed by atoms with Crippen molar-refractivity contribution < 1.29 is 14.6 Å². The summed E-state index contributed by atoms with van der Waals surface area (Å²) in [4.78, 5) is 25.5. The van der Waals surface area contributed by atoms with Crippen LogP contribution in [0.2, 0.25) is 0 Å². The van der Waals surface area contributed by atoms with Crippen LogP contribution >= 0.6 is 0 Å². The van der Waals surface area contributed by atoms with Crippen LogP contribution in [0.15, 0.2) is 41.2 Å². The van der Waals surface area contributed by atoms with E-state index in [1.807, 2.05) is 64.1 Å². The molecule has 28 heavy (non-hydrogen) atoms. The monoisotopic (exact) mass is 381 g/mol. The highest BCUT2D eigenvalue weighted by atomic mass is 16.5. The Morgan fingerprint density at radius 3 is 2.25 bits per heavy atom. The fourth-order valence-electron chi connectivity index (χ4n) is 3.40. The molecule has 0 saturated carbocycles. The lowest BCUT2D eigenvalue weighted by Gasteiger charge is -2.24. The summed E-state index contributed by atoms with van der Waals surface area (Å²) in [5, 5.41) is 12.9. The highest BCUT2D eigenvalue weighted by molar-refractivity contribution is 6.04. The van der Waals surface area contributed by atoms with Crippen LogP contribution in [0.4, 0.5) is 0 Å². The van der Waals surface area contributed by atoms with Gasteiger partial charge in [0.2, 0.25) is 0 Å². The first-order valence-corrected chi connectivity index (χ1v) is 9.68. The van der Waals surface area contributed by atoms with Crippen LogP contribution in [0, 0.1) is 5.41 Å². The summed E-state index contributed by atoms with van der Waals surface area (Å²) in [5.41, 5.74) is -0.631. The van der Waals surface area contributed by atoms with Crippen LogP contribution in [0.25, 0.3) is 21.5 Å². The van der Waals surface area contributed by atoms with E-state index in [1.54, 1.807) is 0 Å². The van der Waals surface area contributed by atoms with Gasteiger partial charge in [-0.05, 0) is 34.7 Å². The molecule has 0 aliphatic heterocycles. The molecule has 0 aliphatic rings. The Bertz CT molecular complexity index is 1090. The Morgan fingerprint density at radius 1 is 1.11 bits per heavy atom. The Kier molecular flexibility index (Phi) is 5.45. The topological polar surface area (TPSA) is 68.5 Å². The minimum atomic E-state index is -1.15. The zero-order chi connectivity index (χ0) is 20.5. The molecule has 0 amide bonds. The van der Waals surface area contributed by atoms with E-state index in [9.17, 15) is 14.7 Å². The predicted molar refractivity (Wildman–Crippen MR) is 113 cm³/mol. The fraction of sp³-hybridized carbons (Fsp3) is 0.391. The van der Waals surface area contributed by atoms with Crippen molar-refractivity contribution in [1.82, 2.24) is 4.57 Å². The van der Waals surface area contributed by atoms with Gasteiger partial charge >= 0.3 is 5.97 Å². The lowest BCUT2D eigenvalue weighted by atomic mass is 9.95. The SMILES string of the molecule is CCCCOc1c(C(=O)O)n(CC(C)(C)C)c(=O)c2cc3ccccc3cc12. The summed E-state index contributed by atoms with van der Waals surface area (Å²) in [6.07, 6.45) is 1.75. The first-order valence-electron chi connectivity index (χ1n) is 9.68. The van der Waals surface area contributed by atoms with Crippen LogP contribution in [-0.2, 0) is 6.54 Å². The summed E-state index contributed by atoms with van der Waals surface area (Å²) in [7, 11) is 0. The largest absolute Gasteiger partial charge is 0.490 e. The number of fused-ring (bicyclic) bond motifs is 2. The van der Waals surface area contributed by atoms with E-state index >= 15 is 0 Å². The van der Waals surface area contributed by atoms with Gasteiger partial charge in [-0.1, -0.05) is 58.4 Å². The van der Waals surface area contributed by atoms with E-state index in [-0.39, 0.29) is 22.4 Å². The van der Waals surface area contributed by atoms with E-state index in [0.717, 1.165) is 23.6 Å². The highest BCUT2D eigenvalue weighted by Crippen LogP contribution is 2.33. The van der Waals surface area contributed by atoms with Crippen molar-refractivity contribution in [3.63, 3.8) is 0 Å². The van der Waals surface area contributed by atoms with Gasteiger partial charge in [-0.25, -0.2) is 4.79 Å². The second-order valence-corrected chi connectivity index (χ2v) is 8.38. The number of unbranched alkanes of at least 4 members (excludes halogenated alkanes) is 1. The third kappa shape index (κ3) is 3.88. The Labute approximate surface area is 164 Å². The van der Waals surface area contributed by atoms with E-state index in [4.69, 9.17) is 4.74 Å². The van der Waals surface area contributed by atoms with Crippen molar-refractivity contribution >= 4 is 27.5 Å². The molecule has 2 aromatic carbocycles. The van der Waals surface area contributed by atoms with E-state index in [1.165, 1.54) is 4.57 Å². The Morgan fingerprint density at radius 2 is 1.71 bits per heavy atom. The molecule has 0 fully saturated rings. The average Bonchev–Trinajstić information content (AvgIpc) is 2.62. The van der Waals surface area contributed by atoms with Crippen molar-refractivity contribution in [3.05, 3.63) is 52.4 Å². The van der Waals surface area contributed by atoms with Gasteiger partial charge in [-0.15, -0.1) is 0 Å². The van der Waals surface area contributed by atoms with Gasteiger partial charge in [-0.3, -0.25) is 9.36 Å². The third-order valence-electron chi connectivity index (χ3n) is 4.67. The van der Waals surface area contributed by atoms with E-state index in [0.29, 0.717) is 23.9 Å². The molecule has 1 N–H and O–H groups in total. The second kappa shape index (κ2) is 7.66. The van der Waals surface area contributed by atoms with Gasteiger partial charge in [0, 0.05) is 11.9 Å². The van der Waals surface area contributed by atoms with Gasteiger partial charge in [0.1, 0.15) is 0 Å². The van der Waals surface area contributed by atoms with Crippen molar-refractivity contribution in [2.45, 2.75) is 47.1 Å². The minimum Gasteiger partial charge on any atom is -0.490 e. The van der Waals surface area contributed by atoms with Crippen molar-refractivity contribution in [1.29, 1.82) is 0 Å². The maximum Gasteiger partial charge on any atom is 0.356 e. The normalized spacial score (nSPS) is 11.9. The maximum absolute atomic E-state index is 13.3. The first-order chi connectivity index (χ1) is 13.2. The van der Waals surface area contributed by atoms with Gasteiger partial charge in [0.05, 0.1) is 12.0 Å². The summed E-state index contributed by atoms with van der Waals surface area (Å²) < 4.78 is 7.33. The molecule has 0 bridgehead atoms. The van der Waals surface area contributed by atoms with E-state index in [2.05, 4.69) is 0 Å². The van der Waals surface area contributed by atoms with Crippen LogP contribution < -0.4 is 10.3 Å². The first kappa shape index (κ1) is 19.9. The number of hydrogen-bond donors (Lipinski definition) is 1. The number of ether oxygens (including phenoxy) is 1.